The summed E-state index contributed by atoms with van der Waals surface area (Å²) in [5.74, 6) is 1.55. The van der Waals surface area contributed by atoms with Crippen LogP contribution in [0.15, 0.2) is 40.1 Å². The third-order valence-electron chi connectivity index (χ3n) is 4.07. The Morgan fingerprint density at radius 2 is 2.21 bits per heavy atom. The van der Waals surface area contributed by atoms with Crippen LogP contribution in [0.25, 0.3) is 11.0 Å². The molecule has 1 aromatic heterocycles. The molecule has 1 aromatic carbocycles. The number of aliphatic hydroxyl groups excluding tert-OH is 1. The van der Waals surface area contributed by atoms with Crippen LogP contribution in [-0.4, -0.2) is 41.9 Å². The van der Waals surface area contributed by atoms with Gasteiger partial charge < -0.3 is 29.6 Å². The lowest BCUT2D eigenvalue weighted by molar-refractivity contribution is -0.124. The normalized spacial score (nSPS) is 15.7. The second-order valence-corrected chi connectivity index (χ2v) is 5.70. The van der Waals surface area contributed by atoms with E-state index < -0.39 is 11.9 Å². The van der Waals surface area contributed by atoms with Crippen LogP contribution >= 0.6 is 0 Å². The molecule has 0 bridgehead atoms. The average Bonchev–Trinajstić information content (AvgIpc) is 3.08. The summed E-state index contributed by atoms with van der Waals surface area (Å²) < 4.78 is 16.9. The fraction of sp³-hybridized carbons (Fsp3) is 0.353. The summed E-state index contributed by atoms with van der Waals surface area (Å²) in [6.45, 7) is 3.73. The first kappa shape index (κ1) is 16.2. The fourth-order valence-corrected chi connectivity index (χ4v) is 2.71. The van der Waals surface area contributed by atoms with E-state index >= 15 is 0 Å². The number of nitrogens with zero attached hydrogens (tertiary/aromatic N) is 1. The van der Waals surface area contributed by atoms with E-state index in [4.69, 9.17) is 19.6 Å². The van der Waals surface area contributed by atoms with Gasteiger partial charge in [0.15, 0.2) is 12.5 Å². The molecule has 3 rings (SSSR count). The van der Waals surface area contributed by atoms with Crippen LogP contribution in [0.4, 0.5) is 0 Å². The van der Waals surface area contributed by atoms with Crippen molar-refractivity contribution < 1.29 is 23.8 Å². The summed E-state index contributed by atoms with van der Waals surface area (Å²) in [6, 6.07) is 6.73. The maximum Gasteiger partial charge on any atom is 0.242 e. The molecule has 0 aliphatic carbocycles. The Hall–Kier alpha value is -2.67. The molecule has 128 valence electrons. The van der Waals surface area contributed by atoms with E-state index in [2.05, 4.69) is 0 Å². The molecule has 0 spiro atoms. The number of amides is 1. The molecule has 7 nitrogen and oxygen atoms in total. The number of ether oxygens (including phenoxy) is 2. The highest BCUT2D eigenvalue weighted by Crippen LogP contribution is 2.26. The summed E-state index contributed by atoms with van der Waals surface area (Å²) in [4.78, 5) is 13.0. The number of allylic oxidation sites excluding steroid dienone is 1. The summed E-state index contributed by atoms with van der Waals surface area (Å²) in [5.41, 5.74) is 6.84. The Kier molecular flexibility index (Phi) is 4.35. The molecule has 1 amide bonds. The van der Waals surface area contributed by atoms with Gasteiger partial charge in [-0.1, -0.05) is 0 Å². The molecular weight excluding hydrogens is 312 g/mol. The lowest BCUT2D eigenvalue weighted by Gasteiger charge is -2.24. The van der Waals surface area contributed by atoms with Gasteiger partial charge in [0, 0.05) is 5.39 Å². The summed E-state index contributed by atoms with van der Waals surface area (Å²) in [6.07, 6.45) is 0. The van der Waals surface area contributed by atoms with Gasteiger partial charge in [-0.2, -0.15) is 0 Å². The van der Waals surface area contributed by atoms with Gasteiger partial charge in [-0.05, 0) is 38.1 Å². The van der Waals surface area contributed by atoms with E-state index in [0.29, 0.717) is 11.5 Å². The topological polar surface area (TPSA) is 98.2 Å². The van der Waals surface area contributed by atoms with Crippen molar-refractivity contribution in [2.45, 2.75) is 19.9 Å². The molecule has 1 atom stereocenters. The molecule has 2 aromatic rings. The highest BCUT2D eigenvalue weighted by atomic mass is 16.5. The lowest BCUT2D eigenvalue weighted by atomic mass is 10.2. The van der Waals surface area contributed by atoms with Crippen molar-refractivity contribution in [1.29, 1.82) is 0 Å². The van der Waals surface area contributed by atoms with Gasteiger partial charge in [0.1, 0.15) is 29.7 Å². The van der Waals surface area contributed by atoms with E-state index in [1.807, 2.05) is 31.2 Å². The number of aryl methyl sites for hydroxylation is 1. The molecule has 0 saturated heterocycles. The standard InChI is InChI=1S/C17H20N2O5/c1-10-5-12-6-13(3-4-15(12)24-10)22-8-16-11(2)19(9-23-16)14(7-20)17(18)21/h3-6,14,20H,7-9H2,1-2H3,(H2,18,21)/t14-/m0/s1. The third kappa shape index (κ3) is 3.03. The van der Waals surface area contributed by atoms with Crippen LogP contribution in [0.3, 0.4) is 0 Å². The van der Waals surface area contributed by atoms with E-state index in [9.17, 15) is 9.90 Å². The number of fused-ring (bicyclic) bond motifs is 1. The Labute approximate surface area is 139 Å². The van der Waals surface area contributed by atoms with Gasteiger partial charge in [0.2, 0.25) is 5.91 Å². The van der Waals surface area contributed by atoms with Crippen LogP contribution in [-0.2, 0) is 9.53 Å². The quantitative estimate of drug-likeness (QED) is 0.831. The predicted octanol–water partition coefficient (Wildman–Crippen LogP) is 1.49. The zero-order valence-electron chi connectivity index (χ0n) is 13.6. The molecule has 3 N–H and O–H groups in total. The third-order valence-corrected chi connectivity index (χ3v) is 4.07. The SMILES string of the molecule is CC1=C(COc2ccc3oc(C)cc3c2)OCN1[C@@H](CO)C(N)=O. The maximum absolute atomic E-state index is 11.4. The zero-order chi connectivity index (χ0) is 17.3. The predicted molar refractivity (Wildman–Crippen MR) is 87.0 cm³/mol. The second-order valence-electron chi connectivity index (χ2n) is 5.70. The monoisotopic (exact) mass is 332 g/mol. The number of aliphatic hydroxyl groups is 1. The molecule has 0 saturated carbocycles. The zero-order valence-corrected chi connectivity index (χ0v) is 13.6. The smallest absolute Gasteiger partial charge is 0.242 e. The number of benzene rings is 1. The highest BCUT2D eigenvalue weighted by molar-refractivity contribution is 5.80. The van der Waals surface area contributed by atoms with Gasteiger partial charge in [0.25, 0.3) is 0 Å². The number of primary amides is 1. The molecule has 7 heteroatoms. The molecule has 2 heterocycles. The molecule has 0 radical (unpaired) electrons. The molecule has 0 fully saturated rings. The van der Waals surface area contributed by atoms with Crippen molar-refractivity contribution in [3.63, 3.8) is 0 Å². The first-order valence-corrected chi connectivity index (χ1v) is 7.62. The molecule has 24 heavy (non-hydrogen) atoms. The number of hydrogen-bond acceptors (Lipinski definition) is 6. The van der Waals surface area contributed by atoms with Crippen LogP contribution in [0, 0.1) is 6.92 Å². The van der Waals surface area contributed by atoms with Crippen LogP contribution < -0.4 is 10.5 Å². The van der Waals surface area contributed by atoms with Crippen molar-refractivity contribution in [3.8, 4) is 5.75 Å². The van der Waals surface area contributed by atoms with Gasteiger partial charge in [-0.15, -0.1) is 0 Å². The van der Waals surface area contributed by atoms with Gasteiger partial charge in [-0.25, -0.2) is 0 Å². The van der Waals surface area contributed by atoms with E-state index in [1.54, 1.807) is 11.8 Å². The Morgan fingerprint density at radius 1 is 1.42 bits per heavy atom. The van der Waals surface area contributed by atoms with Crippen LogP contribution in [0.1, 0.15) is 12.7 Å². The first-order chi connectivity index (χ1) is 11.5. The average molecular weight is 332 g/mol. The molecule has 0 unspecified atom stereocenters. The van der Waals surface area contributed by atoms with Crippen molar-refractivity contribution in [1.82, 2.24) is 4.90 Å². The minimum Gasteiger partial charge on any atom is -0.486 e. The van der Waals surface area contributed by atoms with Crippen molar-refractivity contribution in [2.24, 2.45) is 5.73 Å². The maximum atomic E-state index is 11.4. The summed E-state index contributed by atoms with van der Waals surface area (Å²) in [7, 11) is 0. The Balaban J connectivity index is 1.70. The number of carbonyl (C=O) groups excluding carboxylic acids is 1. The van der Waals surface area contributed by atoms with Crippen molar-refractivity contribution >= 4 is 16.9 Å². The van der Waals surface area contributed by atoms with Crippen LogP contribution in [0.2, 0.25) is 0 Å². The highest BCUT2D eigenvalue weighted by Gasteiger charge is 2.30. The lowest BCUT2D eigenvalue weighted by Crippen LogP contribution is -2.45. The fourth-order valence-electron chi connectivity index (χ4n) is 2.71. The molecule has 1 aliphatic rings. The van der Waals surface area contributed by atoms with Gasteiger partial charge >= 0.3 is 0 Å². The van der Waals surface area contributed by atoms with Gasteiger partial charge in [0.05, 0.1) is 12.3 Å². The molecular formula is C17H20N2O5. The van der Waals surface area contributed by atoms with Crippen molar-refractivity contribution in [2.75, 3.05) is 19.9 Å². The van der Waals surface area contributed by atoms with Crippen molar-refractivity contribution in [3.05, 3.63) is 41.5 Å². The summed E-state index contributed by atoms with van der Waals surface area (Å²) >= 11 is 0. The number of carbonyl (C=O) groups is 1. The number of rotatable bonds is 6. The van der Waals surface area contributed by atoms with E-state index in [1.165, 1.54) is 0 Å². The molecule has 1 aliphatic heterocycles. The minimum atomic E-state index is -0.798. The summed E-state index contributed by atoms with van der Waals surface area (Å²) in [5, 5.41) is 10.3. The van der Waals surface area contributed by atoms with E-state index in [-0.39, 0.29) is 19.9 Å². The van der Waals surface area contributed by atoms with Crippen LogP contribution in [0.5, 0.6) is 5.75 Å². The van der Waals surface area contributed by atoms with Gasteiger partial charge in [-0.3, -0.25) is 4.79 Å². The first-order valence-electron chi connectivity index (χ1n) is 7.62. The number of furan rings is 1. The number of nitrogens with two attached hydrogens (primary N) is 1. The Morgan fingerprint density at radius 3 is 2.92 bits per heavy atom. The Bertz CT molecular complexity index is 795. The minimum absolute atomic E-state index is 0.165. The van der Waals surface area contributed by atoms with E-state index in [0.717, 1.165) is 22.4 Å². The second kappa shape index (κ2) is 6.45. The number of hydrogen-bond donors (Lipinski definition) is 2. The largest absolute Gasteiger partial charge is 0.486 e.